The van der Waals surface area contributed by atoms with Crippen LogP contribution in [0.15, 0.2) is 18.2 Å². The fraction of sp³-hybridized carbons (Fsp3) is 0.538. The zero-order chi connectivity index (χ0) is 12.1. The van der Waals surface area contributed by atoms with Crippen molar-refractivity contribution in [3.05, 3.63) is 29.3 Å². The predicted molar refractivity (Wildman–Crippen MR) is 68.9 cm³/mol. The van der Waals surface area contributed by atoms with Gasteiger partial charge in [-0.05, 0) is 32.5 Å². The maximum absolute atomic E-state index is 9.40. The molecule has 3 nitrogen and oxygen atoms in total. The summed E-state index contributed by atoms with van der Waals surface area (Å²) >= 11 is 0. The second-order valence-electron chi connectivity index (χ2n) is 4.39. The Balaban J connectivity index is 2.92. The molecule has 1 unspecified atom stereocenters. The number of aryl methyl sites for hydroxylation is 1. The van der Waals surface area contributed by atoms with E-state index < -0.39 is 0 Å². The molecule has 3 heteroatoms. The fourth-order valence-corrected chi connectivity index (χ4v) is 1.91. The number of aliphatic hydroxyl groups excluding tert-OH is 1. The molecule has 0 saturated carbocycles. The van der Waals surface area contributed by atoms with Gasteiger partial charge in [0.05, 0.1) is 6.10 Å². The van der Waals surface area contributed by atoms with E-state index in [0.29, 0.717) is 6.54 Å². The highest BCUT2D eigenvalue weighted by atomic mass is 16.3. The Bertz CT molecular complexity index is 337. The first-order valence-electron chi connectivity index (χ1n) is 5.68. The minimum Gasteiger partial charge on any atom is -0.392 e. The van der Waals surface area contributed by atoms with Crippen molar-refractivity contribution >= 4 is 5.69 Å². The summed E-state index contributed by atoms with van der Waals surface area (Å²) in [5.74, 6) is 0. The standard InChI is InChI=1S/C13H22N2O/c1-10-5-6-13(12(7-10)8-14-3)15(4)9-11(2)16/h5-7,11,14,16H,8-9H2,1-4H3. The minimum absolute atomic E-state index is 0.311. The average Bonchev–Trinajstić information content (AvgIpc) is 2.17. The lowest BCUT2D eigenvalue weighted by molar-refractivity contribution is 0.201. The molecule has 1 rings (SSSR count). The molecular weight excluding hydrogens is 200 g/mol. The molecule has 1 aromatic rings. The molecule has 0 bridgehead atoms. The summed E-state index contributed by atoms with van der Waals surface area (Å²) in [6, 6.07) is 6.40. The van der Waals surface area contributed by atoms with Crippen molar-refractivity contribution < 1.29 is 5.11 Å². The van der Waals surface area contributed by atoms with E-state index in [9.17, 15) is 5.11 Å². The lowest BCUT2D eigenvalue weighted by Crippen LogP contribution is -2.28. The summed E-state index contributed by atoms with van der Waals surface area (Å²) in [7, 11) is 3.96. The van der Waals surface area contributed by atoms with E-state index in [0.717, 1.165) is 6.54 Å². The van der Waals surface area contributed by atoms with Crippen LogP contribution in [0.4, 0.5) is 5.69 Å². The van der Waals surface area contributed by atoms with Gasteiger partial charge in [-0.2, -0.15) is 0 Å². The van der Waals surface area contributed by atoms with Gasteiger partial charge in [-0.25, -0.2) is 0 Å². The second kappa shape index (κ2) is 5.87. The Kier molecular flexibility index (Phi) is 4.77. The molecule has 0 fully saturated rings. The maximum atomic E-state index is 9.40. The first kappa shape index (κ1) is 13.0. The van der Waals surface area contributed by atoms with Gasteiger partial charge < -0.3 is 15.3 Å². The van der Waals surface area contributed by atoms with Crippen LogP contribution < -0.4 is 10.2 Å². The number of anilines is 1. The summed E-state index contributed by atoms with van der Waals surface area (Å²) in [4.78, 5) is 2.09. The van der Waals surface area contributed by atoms with Gasteiger partial charge in [0.25, 0.3) is 0 Å². The third-order valence-corrected chi connectivity index (χ3v) is 2.55. The van der Waals surface area contributed by atoms with E-state index in [4.69, 9.17) is 0 Å². The summed E-state index contributed by atoms with van der Waals surface area (Å²) in [5.41, 5.74) is 3.71. The van der Waals surface area contributed by atoms with E-state index in [1.165, 1.54) is 16.8 Å². The van der Waals surface area contributed by atoms with Crippen molar-refractivity contribution in [3.63, 3.8) is 0 Å². The summed E-state index contributed by atoms with van der Waals surface area (Å²) in [6.45, 7) is 5.40. The third kappa shape index (κ3) is 3.51. The highest BCUT2D eigenvalue weighted by Gasteiger charge is 2.09. The number of nitrogens with zero attached hydrogens (tertiary/aromatic N) is 1. The summed E-state index contributed by atoms with van der Waals surface area (Å²) < 4.78 is 0. The first-order chi connectivity index (χ1) is 7.54. The van der Waals surface area contributed by atoms with Crippen LogP contribution in [0.3, 0.4) is 0 Å². The molecule has 0 aliphatic heterocycles. The quantitative estimate of drug-likeness (QED) is 0.793. The fourth-order valence-electron chi connectivity index (χ4n) is 1.91. The van der Waals surface area contributed by atoms with Crippen LogP contribution in [0.2, 0.25) is 0 Å². The lowest BCUT2D eigenvalue weighted by Gasteiger charge is -2.24. The van der Waals surface area contributed by atoms with Crippen molar-refractivity contribution in [2.75, 3.05) is 25.5 Å². The number of rotatable bonds is 5. The molecule has 0 radical (unpaired) electrons. The van der Waals surface area contributed by atoms with E-state index in [1.54, 1.807) is 0 Å². The van der Waals surface area contributed by atoms with Crippen molar-refractivity contribution in [2.24, 2.45) is 0 Å². The lowest BCUT2D eigenvalue weighted by atomic mass is 10.1. The number of benzene rings is 1. The Labute approximate surface area is 98.1 Å². The largest absolute Gasteiger partial charge is 0.392 e. The second-order valence-corrected chi connectivity index (χ2v) is 4.39. The van der Waals surface area contributed by atoms with Crippen LogP contribution in [-0.4, -0.2) is 31.9 Å². The van der Waals surface area contributed by atoms with Crippen molar-refractivity contribution in [3.8, 4) is 0 Å². The van der Waals surface area contributed by atoms with E-state index in [-0.39, 0.29) is 6.10 Å². The number of aliphatic hydroxyl groups is 1. The molecule has 0 spiro atoms. The van der Waals surface area contributed by atoms with Gasteiger partial charge >= 0.3 is 0 Å². The van der Waals surface area contributed by atoms with Gasteiger partial charge in [0.2, 0.25) is 0 Å². The number of likely N-dealkylation sites (N-methyl/N-ethyl adjacent to an activating group) is 1. The van der Waals surface area contributed by atoms with Crippen LogP contribution >= 0.6 is 0 Å². The average molecular weight is 222 g/mol. The van der Waals surface area contributed by atoms with Gasteiger partial charge in [-0.3, -0.25) is 0 Å². The van der Waals surface area contributed by atoms with E-state index in [1.807, 2.05) is 21.0 Å². The first-order valence-corrected chi connectivity index (χ1v) is 5.68. The number of hydrogen-bond donors (Lipinski definition) is 2. The van der Waals surface area contributed by atoms with Gasteiger partial charge in [0.1, 0.15) is 0 Å². The van der Waals surface area contributed by atoms with Crippen molar-refractivity contribution in [1.29, 1.82) is 0 Å². The Hall–Kier alpha value is -1.06. The van der Waals surface area contributed by atoms with Crippen molar-refractivity contribution in [1.82, 2.24) is 5.32 Å². The smallest absolute Gasteiger partial charge is 0.0686 e. The van der Waals surface area contributed by atoms with Crippen LogP contribution in [-0.2, 0) is 6.54 Å². The van der Waals surface area contributed by atoms with E-state index in [2.05, 4.69) is 35.3 Å². The molecule has 16 heavy (non-hydrogen) atoms. The molecule has 2 N–H and O–H groups in total. The van der Waals surface area contributed by atoms with Crippen LogP contribution in [0.5, 0.6) is 0 Å². The molecule has 0 saturated heterocycles. The minimum atomic E-state index is -0.311. The topological polar surface area (TPSA) is 35.5 Å². The van der Waals surface area contributed by atoms with Crippen LogP contribution in [0.25, 0.3) is 0 Å². The molecule has 0 aliphatic rings. The highest BCUT2D eigenvalue weighted by Crippen LogP contribution is 2.21. The monoisotopic (exact) mass is 222 g/mol. The molecular formula is C13H22N2O. The van der Waals surface area contributed by atoms with Gasteiger partial charge in [0.15, 0.2) is 0 Å². The van der Waals surface area contributed by atoms with Gasteiger partial charge in [-0.15, -0.1) is 0 Å². The van der Waals surface area contributed by atoms with Crippen LogP contribution in [0, 0.1) is 6.92 Å². The number of hydrogen-bond acceptors (Lipinski definition) is 3. The van der Waals surface area contributed by atoms with Crippen molar-refractivity contribution in [2.45, 2.75) is 26.5 Å². The summed E-state index contributed by atoms with van der Waals surface area (Å²) in [6.07, 6.45) is -0.311. The molecule has 0 aromatic heterocycles. The Morgan fingerprint density at radius 3 is 2.69 bits per heavy atom. The molecule has 1 atom stereocenters. The SMILES string of the molecule is CNCc1cc(C)ccc1N(C)CC(C)O. The van der Waals surface area contributed by atoms with Gasteiger partial charge in [0, 0.05) is 25.8 Å². The zero-order valence-corrected chi connectivity index (χ0v) is 10.6. The maximum Gasteiger partial charge on any atom is 0.0686 e. The van der Waals surface area contributed by atoms with Crippen LogP contribution in [0.1, 0.15) is 18.1 Å². The molecule has 1 aromatic carbocycles. The summed E-state index contributed by atoms with van der Waals surface area (Å²) in [5, 5.41) is 12.6. The highest BCUT2D eigenvalue weighted by molar-refractivity contribution is 5.54. The van der Waals surface area contributed by atoms with E-state index >= 15 is 0 Å². The number of nitrogens with one attached hydrogen (secondary N) is 1. The normalized spacial score (nSPS) is 12.6. The third-order valence-electron chi connectivity index (χ3n) is 2.55. The molecule has 0 heterocycles. The predicted octanol–water partition coefficient (Wildman–Crippen LogP) is 1.53. The molecule has 90 valence electrons. The Morgan fingerprint density at radius 2 is 2.12 bits per heavy atom. The molecule has 0 amide bonds. The Morgan fingerprint density at radius 1 is 1.44 bits per heavy atom. The zero-order valence-electron chi connectivity index (χ0n) is 10.6. The molecule has 0 aliphatic carbocycles. The van der Waals surface area contributed by atoms with Gasteiger partial charge in [-0.1, -0.05) is 17.7 Å².